The molecule has 0 bridgehead atoms. The molecule has 1 unspecified atom stereocenters. The van der Waals surface area contributed by atoms with Gasteiger partial charge in [-0.05, 0) is 57.8 Å². The van der Waals surface area contributed by atoms with Gasteiger partial charge in [-0.15, -0.1) is 24.0 Å². The first-order chi connectivity index (χ1) is 13.7. The summed E-state index contributed by atoms with van der Waals surface area (Å²) in [5, 5.41) is 6.79. The standard InChI is InChI=1S/C22H37N5O2.HI/c1-22(2,3)29-21(28)27(6)16-18-9-7-17(8-10-18)13-24-20(23-4)25-14-19-11-12-26(5)15-19;/h7-10,19H,11-16H2,1-6H3,(H2,23,24,25);1H. The molecular weight excluding hydrogens is 493 g/mol. The van der Waals surface area contributed by atoms with Gasteiger partial charge in [0.15, 0.2) is 5.96 Å². The number of ether oxygens (including phenoxy) is 1. The molecule has 1 saturated heterocycles. The second kappa shape index (κ2) is 12.3. The zero-order valence-electron chi connectivity index (χ0n) is 19.2. The van der Waals surface area contributed by atoms with Gasteiger partial charge in [-0.1, -0.05) is 24.3 Å². The Labute approximate surface area is 198 Å². The minimum atomic E-state index is -0.485. The van der Waals surface area contributed by atoms with Crippen LogP contribution in [-0.2, 0) is 17.8 Å². The molecule has 1 heterocycles. The number of hydrogen-bond donors (Lipinski definition) is 2. The van der Waals surface area contributed by atoms with Gasteiger partial charge in [0.1, 0.15) is 5.60 Å². The number of guanidine groups is 1. The highest BCUT2D eigenvalue weighted by molar-refractivity contribution is 14.0. The lowest BCUT2D eigenvalue weighted by molar-refractivity contribution is 0.0285. The highest BCUT2D eigenvalue weighted by Gasteiger charge is 2.20. The minimum Gasteiger partial charge on any atom is -0.444 e. The van der Waals surface area contributed by atoms with Gasteiger partial charge in [0.2, 0.25) is 0 Å². The fourth-order valence-electron chi connectivity index (χ4n) is 3.28. The van der Waals surface area contributed by atoms with Gasteiger partial charge >= 0.3 is 6.09 Å². The van der Waals surface area contributed by atoms with Gasteiger partial charge in [0.25, 0.3) is 0 Å². The van der Waals surface area contributed by atoms with Crippen molar-refractivity contribution < 1.29 is 9.53 Å². The zero-order valence-corrected chi connectivity index (χ0v) is 21.5. The molecule has 0 radical (unpaired) electrons. The normalized spacial score (nSPS) is 17.3. The van der Waals surface area contributed by atoms with Crippen LogP contribution in [0.1, 0.15) is 38.3 Å². The summed E-state index contributed by atoms with van der Waals surface area (Å²) in [6.07, 6.45) is 0.922. The van der Waals surface area contributed by atoms with Gasteiger partial charge in [0.05, 0.1) is 0 Å². The van der Waals surface area contributed by atoms with Crippen LogP contribution in [0.2, 0.25) is 0 Å². The quantitative estimate of drug-likeness (QED) is 0.335. The predicted molar refractivity (Wildman–Crippen MR) is 133 cm³/mol. The van der Waals surface area contributed by atoms with Crippen LogP contribution in [-0.4, -0.2) is 68.2 Å². The third-order valence-corrected chi connectivity index (χ3v) is 4.88. The molecule has 1 aliphatic rings. The molecular formula is C22H38IN5O2. The molecule has 2 N–H and O–H groups in total. The summed E-state index contributed by atoms with van der Waals surface area (Å²) in [5.41, 5.74) is 1.74. The first-order valence-electron chi connectivity index (χ1n) is 10.3. The summed E-state index contributed by atoms with van der Waals surface area (Å²) < 4.78 is 5.39. The zero-order chi connectivity index (χ0) is 21.4. The van der Waals surface area contributed by atoms with Crippen molar-refractivity contribution in [2.75, 3.05) is 40.8 Å². The summed E-state index contributed by atoms with van der Waals surface area (Å²) in [7, 11) is 5.72. The van der Waals surface area contributed by atoms with Crippen molar-refractivity contribution in [1.82, 2.24) is 20.4 Å². The number of likely N-dealkylation sites (tertiary alicyclic amines) is 1. The number of halogens is 1. The maximum absolute atomic E-state index is 12.1. The van der Waals surface area contributed by atoms with Gasteiger partial charge in [-0.3, -0.25) is 4.99 Å². The summed E-state index contributed by atoms with van der Waals surface area (Å²) in [6.45, 7) is 10.1. The number of nitrogens with one attached hydrogen (secondary N) is 2. The Morgan fingerprint density at radius 3 is 2.40 bits per heavy atom. The highest BCUT2D eigenvalue weighted by atomic mass is 127. The summed E-state index contributed by atoms with van der Waals surface area (Å²) in [5.74, 6) is 1.51. The number of amides is 1. The molecule has 1 aromatic carbocycles. The van der Waals surface area contributed by atoms with E-state index in [1.807, 2.05) is 32.9 Å². The molecule has 0 aliphatic carbocycles. The Balaban J connectivity index is 0.00000450. The fourth-order valence-corrected chi connectivity index (χ4v) is 3.28. The molecule has 1 fully saturated rings. The van der Waals surface area contributed by atoms with Crippen LogP contribution in [0.25, 0.3) is 0 Å². The number of rotatable bonds is 6. The van der Waals surface area contributed by atoms with Crippen LogP contribution < -0.4 is 10.6 Å². The van der Waals surface area contributed by atoms with E-state index < -0.39 is 5.60 Å². The van der Waals surface area contributed by atoms with Crippen LogP contribution in [0.5, 0.6) is 0 Å². The first kappa shape index (κ1) is 26.5. The highest BCUT2D eigenvalue weighted by Crippen LogP contribution is 2.13. The Bertz CT molecular complexity index is 688. The monoisotopic (exact) mass is 531 g/mol. The van der Waals surface area contributed by atoms with Crippen LogP contribution >= 0.6 is 24.0 Å². The molecule has 0 aromatic heterocycles. The Hall–Kier alpha value is -1.55. The van der Waals surface area contributed by atoms with Crippen molar-refractivity contribution in [3.63, 3.8) is 0 Å². The van der Waals surface area contributed by atoms with Crippen LogP contribution in [0.15, 0.2) is 29.3 Å². The van der Waals surface area contributed by atoms with Crippen molar-refractivity contribution in [3.05, 3.63) is 35.4 Å². The third kappa shape index (κ3) is 9.51. The summed E-state index contributed by atoms with van der Waals surface area (Å²) >= 11 is 0. The largest absolute Gasteiger partial charge is 0.444 e. The SMILES string of the molecule is CN=C(NCc1ccc(CN(C)C(=O)OC(C)(C)C)cc1)NCC1CCN(C)C1.I. The topological polar surface area (TPSA) is 69.2 Å². The first-order valence-corrected chi connectivity index (χ1v) is 10.3. The molecule has 8 heteroatoms. The van der Waals surface area contributed by atoms with Gasteiger partial charge < -0.3 is 25.2 Å². The van der Waals surface area contributed by atoms with Crippen molar-refractivity contribution in [2.24, 2.45) is 10.9 Å². The lowest BCUT2D eigenvalue weighted by Crippen LogP contribution is -2.39. The number of aliphatic imine (C=N–C) groups is 1. The Morgan fingerprint density at radius 1 is 1.23 bits per heavy atom. The Morgan fingerprint density at radius 2 is 1.87 bits per heavy atom. The molecule has 2 rings (SSSR count). The number of carbonyl (C=O) groups excluding carboxylic acids is 1. The van der Waals surface area contributed by atoms with E-state index in [0.29, 0.717) is 19.0 Å². The molecule has 30 heavy (non-hydrogen) atoms. The molecule has 1 atom stereocenters. The molecule has 7 nitrogen and oxygen atoms in total. The van der Waals surface area contributed by atoms with Gasteiger partial charge in [-0.25, -0.2) is 4.79 Å². The number of benzene rings is 1. The van der Waals surface area contributed by atoms with E-state index in [1.54, 1.807) is 19.0 Å². The summed E-state index contributed by atoms with van der Waals surface area (Å²) in [6, 6.07) is 8.24. The molecule has 0 saturated carbocycles. The maximum atomic E-state index is 12.1. The van der Waals surface area contributed by atoms with Crippen molar-refractivity contribution in [2.45, 2.75) is 45.9 Å². The van der Waals surface area contributed by atoms with Gasteiger partial charge in [-0.2, -0.15) is 0 Å². The van der Waals surface area contributed by atoms with E-state index in [0.717, 1.165) is 30.2 Å². The number of nitrogens with zero attached hydrogens (tertiary/aromatic N) is 3. The van der Waals surface area contributed by atoms with E-state index in [-0.39, 0.29) is 30.1 Å². The van der Waals surface area contributed by atoms with Crippen LogP contribution in [0.4, 0.5) is 4.79 Å². The summed E-state index contributed by atoms with van der Waals surface area (Å²) in [4.78, 5) is 20.4. The molecule has 0 spiro atoms. The van der Waals surface area contributed by atoms with Crippen molar-refractivity contribution in [1.29, 1.82) is 0 Å². The van der Waals surface area contributed by atoms with Crippen LogP contribution in [0.3, 0.4) is 0 Å². The second-order valence-electron chi connectivity index (χ2n) is 8.88. The molecule has 170 valence electrons. The number of carbonyl (C=O) groups is 1. The molecule has 1 aliphatic heterocycles. The average molecular weight is 531 g/mol. The second-order valence-corrected chi connectivity index (χ2v) is 8.88. The van der Waals surface area contributed by atoms with E-state index >= 15 is 0 Å². The molecule has 1 amide bonds. The smallest absolute Gasteiger partial charge is 0.410 e. The fraction of sp³-hybridized carbons (Fsp3) is 0.636. The number of hydrogen-bond acceptors (Lipinski definition) is 4. The third-order valence-electron chi connectivity index (χ3n) is 4.88. The van der Waals surface area contributed by atoms with E-state index in [1.165, 1.54) is 13.0 Å². The lowest BCUT2D eigenvalue weighted by atomic mass is 10.1. The maximum Gasteiger partial charge on any atom is 0.410 e. The van der Waals surface area contributed by atoms with Gasteiger partial charge in [0, 0.05) is 40.3 Å². The Kier molecular flexibility index (Phi) is 10.9. The van der Waals surface area contributed by atoms with Crippen molar-refractivity contribution in [3.8, 4) is 0 Å². The van der Waals surface area contributed by atoms with E-state index in [9.17, 15) is 4.79 Å². The van der Waals surface area contributed by atoms with E-state index in [2.05, 4.69) is 39.7 Å². The van der Waals surface area contributed by atoms with Crippen LogP contribution in [0, 0.1) is 5.92 Å². The molecule has 1 aromatic rings. The predicted octanol–water partition coefficient (Wildman–Crippen LogP) is 3.29. The average Bonchev–Trinajstić information content (AvgIpc) is 3.07. The lowest BCUT2D eigenvalue weighted by Gasteiger charge is -2.24. The van der Waals surface area contributed by atoms with Crippen molar-refractivity contribution >= 4 is 36.0 Å². The minimum absolute atomic E-state index is 0. The van der Waals surface area contributed by atoms with E-state index in [4.69, 9.17) is 4.74 Å².